The number of benzene rings is 2. The van der Waals surface area contributed by atoms with Crippen LogP contribution in [0.4, 0.5) is 0 Å². The van der Waals surface area contributed by atoms with Gasteiger partial charge >= 0.3 is 0 Å². The van der Waals surface area contributed by atoms with Gasteiger partial charge in [-0.25, -0.2) is 0 Å². The average molecular weight is 398 g/mol. The Morgan fingerprint density at radius 1 is 1.20 bits per heavy atom. The van der Waals surface area contributed by atoms with E-state index in [1.54, 1.807) is 6.07 Å². The van der Waals surface area contributed by atoms with Gasteiger partial charge in [0.05, 0.1) is 18.3 Å². The van der Waals surface area contributed by atoms with Gasteiger partial charge in [0.25, 0.3) is 5.91 Å². The number of nitrogens with zero attached hydrogens (tertiary/aromatic N) is 1. The van der Waals surface area contributed by atoms with Crippen molar-refractivity contribution in [3.8, 4) is 17.0 Å². The quantitative estimate of drug-likeness (QED) is 0.699. The number of amides is 1. The van der Waals surface area contributed by atoms with Crippen LogP contribution in [0.2, 0.25) is 0 Å². The predicted molar refractivity (Wildman–Crippen MR) is 98.5 cm³/mol. The van der Waals surface area contributed by atoms with Gasteiger partial charge < -0.3 is 10.1 Å². The molecule has 2 aromatic carbocycles. The second kappa shape index (κ2) is 6.72. The number of halogens is 1. The largest absolute Gasteiger partial charge is 0.493 e. The molecule has 2 heterocycles. The van der Waals surface area contributed by atoms with Crippen LogP contribution in [0.15, 0.2) is 59.1 Å². The zero-order valence-corrected chi connectivity index (χ0v) is 14.9. The minimum absolute atomic E-state index is 0.0859. The molecule has 1 amide bonds. The van der Waals surface area contributed by atoms with Crippen molar-refractivity contribution in [3.63, 3.8) is 0 Å². The maximum atomic E-state index is 12.6. The number of carbonyl (C=O) groups is 1. The Bertz CT molecular complexity index is 908. The third kappa shape index (κ3) is 3.30. The maximum Gasteiger partial charge on any atom is 0.269 e. The molecule has 0 aliphatic carbocycles. The summed E-state index contributed by atoms with van der Waals surface area (Å²) in [5.41, 5.74) is 3.15. The molecule has 6 heteroatoms. The molecule has 0 radical (unpaired) electrons. The molecule has 1 atom stereocenters. The molecular formula is C19H16BrN3O2. The van der Waals surface area contributed by atoms with Crippen LogP contribution in [0.1, 0.15) is 28.5 Å². The van der Waals surface area contributed by atoms with Crippen LogP contribution < -0.4 is 10.1 Å². The fraction of sp³-hybridized carbons (Fsp3) is 0.158. The van der Waals surface area contributed by atoms with Gasteiger partial charge in [0.1, 0.15) is 11.4 Å². The maximum absolute atomic E-state index is 12.6. The Balaban J connectivity index is 1.54. The lowest BCUT2D eigenvalue weighted by atomic mass is 10.0. The van der Waals surface area contributed by atoms with Crippen molar-refractivity contribution in [1.82, 2.24) is 15.5 Å². The lowest BCUT2D eigenvalue weighted by Crippen LogP contribution is -2.32. The van der Waals surface area contributed by atoms with E-state index in [4.69, 9.17) is 4.74 Å². The Hall–Kier alpha value is -2.60. The first kappa shape index (κ1) is 15.9. The van der Waals surface area contributed by atoms with Gasteiger partial charge in [-0.05, 0) is 24.3 Å². The van der Waals surface area contributed by atoms with Gasteiger partial charge in [-0.3, -0.25) is 9.89 Å². The summed E-state index contributed by atoms with van der Waals surface area (Å²) in [5, 5.41) is 10.1. The molecule has 0 spiro atoms. The third-order valence-electron chi connectivity index (χ3n) is 4.21. The van der Waals surface area contributed by atoms with E-state index in [1.807, 2.05) is 48.5 Å². The molecule has 126 valence electrons. The van der Waals surface area contributed by atoms with Crippen LogP contribution in [0.25, 0.3) is 11.3 Å². The molecule has 1 aliphatic rings. The summed E-state index contributed by atoms with van der Waals surface area (Å²) in [4.78, 5) is 12.6. The Kier molecular flexibility index (Phi) is 4.28. The molecule has 3 aromatic rings. The smallest absolute Gasteiger partial charge is 0.269 e. The van der Waals surface area contributed by atoms with Gasteiger partial charge in [0.2, 0.25) is 0 Å². The van der Waals surface area contributed by atoms with E-state index < -0.39 is 0 Å². The van der Waals surface area contributed by atoms with Gasteiger partial charge in [0.15, 0.2) is 0 Å². The van der Waals surface area contributed by atoms with E-state index in [-0.39, 0.29) is 11.9 Å². The molecule has 0 fully saturated rings. The molecule has 1 aliphatic heterocycles. The number of hydrogen-bond acceptors (Lipinski definition) is 3. The number of hydrogen-bond donors (Lipinski definition) is 2. The normalized spacial score (nSPS) is 16.0. The molecular weight excluding hydrogens is 382 g/mol. The Labute approximate surface area is 153 Å². The van der Waals surface area contributed by atoms with E-state index in [2.05, 4.69) is 31.4 Å². The first-order chi connectivity index (χ1) is 12.2. The number of rotatable bonds is 3. The zero-order valence-electron chi connectivity index (χ0n) is 13.3. The number of H-pyrrole nitrogens is 1. The highest BCUT2D eigenvalue weighted by Gasteiger charge is 2.24. The van der Waals surface area contributed by atoms with Crippen molar-refractivity contribution in [3.05, 3.63) is 70.3 Å². The molecule has 1 aromatic heterocycles. The zero-order chi connectivity index (χ0) is 17.2. The third-order valence-corrected chi connectivity index (χ3v) is 4.70. The lowest BCUT2D eigenvalue weighted by molar-refractivity contribution is 0.0919. The van der Waals surface area contributed by atoms with E-state index in [1.165, 1.54) is 0 Å². The van der Waals surface area contributed by atoms with Crippen molar-refractivity contribution in [2.24, 2.45) is 0 Å². The van der Waals surface area contributed by atoms with Crippen molar-refractivity contribution >= 4 is 21.8 Å². The molecule has 4 rings (SSSR count). The number of fused-ring (bicyclic) bond motifs is 1. The molecule has 2 N–H and O–H groups in total. The van der Waals surface area contributed by atoms with E-state index in [0.29, 0.717) is 12.3 Å². The Morgan fingerprint density at radius 2 is 2.04 bits per heavy atom. The predicted octanol–water partition coefficient (Wildman–Crippen LogP) is 4.09. The molecule has 0 bridgehead atoms. The average Bonchev–Trinajstić information content (AvgIpc) is 3.13. The van der Waals surface area contributed by atoms with Crippen LogP contribution >= 0.6 is 15.9 Å². The first-order valence-electron chi connectivity index (χ1n) is 8.04. The lowest BCUT2D eigenvalue weighted by Gasteiger charge is -2.26. The van der Waals surface area contributed by atoms with E-state index in [9.17, 15) is 4.79 Å². The van der Waals surface area contributed by atoms with Gasteiger partial charge in [-0.1, -0.05) is 46.3 Å². The van der Waals surface area contributed by atoms with Crippen LogP contribution in [-0.4, -0.2) is 22.7 Å². The van der Waals surface area contributed by atoms with Crippen molar-refractivity contribution in [1.29, 1.82) is 0 Å². The summed E-state index contributed by atoms with van der Waals surface area (Å²) in [6.45, 7) is 0.581. The summed E-state index contributed by atoms with van der Waals surface area (Å²) in [7, 11) is 0. The van der Waals surface area contributed by atoms with Gasteiger partial charge in [-0.15, -0.1) is 0 Å². The minimum atomic E-state index is -0.174. The topological polar surface area (TPSA) is 67.0 Å². The summed E-state index contributed by atoms with van der Waals surface area (Å²) in [6.07, 6.45) is 0.731. The number of nitrogens with one attached hydrogen (secondary N) is 2. The Morgan fingerprint density at radius 3 is 2.88 bits per heavy atom. The van der Waals surface area contributed by atoms with Crippen LogP contribution in [-0.2, 0) is 0 Å². The summed E-state index contributed by atoms with van der Waals surface area (Å²) >= 11 is 3.47. The number of aromatic amines is 1. The highest BCUT2D eigenvalue weighted by molar-refractivity contribution is 9.10. The molecule has 0 saturated heterocycles. The second-order valence-electron chi connectivity index (χ2n) is 5.88. The van der Waals surface area contributed by atoms with Crippen LogP contribution in [0.5, 0.6) is 5.75 Å². The molecule has 5 nitrogen and oxygen atoms in total. The number of ether oxygens (including phenoxy) is 1. The van der Waals surface area contributed by atoms with Crippen LogP contribution in [0, 0.1) is 0 Å². The minimum Gasteiger partial charge on any atom is -0.493 e. The number of aromatic nitrogens is 2. The summed E-state index contributed by atoms with van der Waals surface area (Å²) in [5.74, 6) is 0.641. The highest BCUT2D eigenvalue weighted by Crippen LogP contribution is 2.34. The summed E-state index contributed by atoms with van der Waals surface area (Å²) < 4.78 is 6.63. The molecule has 1 unspecified atom stereocenters. The molecule has 25 heavy (non-hydrogen) atoms. The SMILES string of the molecule is O=C(NC1CCOc2ccc(Br)cc21)c1cc(-c2ccccc2)n[nH]1. The highest BCUT2D eigenvalue weighted by atomic mass is 79.9. The second-order valence-corrected chi connectivity index (χ2v) is 6.79. The monoisotopic (exact) mass is 397 g/mol. The first-order valence-corrected chi connectivity index (χ1v) is 8.84. The van der Waals surface area contributed by atoms with Crippen molar-refractivity contribution in [2.75, 3.05) is 6.61 Å². The molecule has 0 saturated carbocycles. The summed E-state index contributed by atoms with van der Waals surface area (Å²) in [6, 6.07) is 17.3. The van der Waals surface area contributed by atoms with Crippen LogP contribution in [0.3, 0.4) is 0 Å². The van der Waals surface area contributed by atoms with Crippen molar-refractivity contribution in [2.45, 2.75) is 12.5 Å². The standard InChI is InChI=1S/C19H16BrN3O2/c20-13-6-7-18-14(10-13)15(8-9-25-18)21-19(24)17-11-16(22-23-17)12-4-2-1-3-5-12/h1-7,10-11,15H,8-9H2,(H,21,24)(H,22,23). The fourth-order valence-corrected chi connectivity index (χ4v) is 3.32. The van der Waals surface area contributed by atoms with Crippen molar-refractivity contribution < 1.29 is 9.53 Å². The van der Waals surface area contributed by atoms with E-state index >= 15 is 0 Å². The van der Waals surface area contributed by atoms with E-state index in [0.717, 1.165) is 33.5 Å². The number of carbonyl (C=O) groups excluding carboxylic acids is 1. The fourth-order valence-electron chi connectivity index (χ4n) is 2.95. The van der Waals surface area contributed by atoms with Gasteiger partial charge in [-0.2, -0.15) is 5.10 Å². The van der Waals surface area contributed by atoms with Gasteiger partial charge in [0, 0.05) is 22.0 Å².